The lowest BCUT2D eigenvalue weighted by Crippen LogP contribution is -2.18. The molecule has 3 aromatic carbocycles. The van der Waals surface area contributed by atoms with Gasteiger partial charge in [-0.15, -0.1) is 0 Å². The Bertz CT molecular complexity index is 2170. The van der Waals surface area contributed by atoms with E-state index in [1.165, 1.54) is 0 Å². The van der Waals surface area contributed by atoms with E-state index in [-0.39, 0.29) is 83.8 Å². The summed E-state index contributed by atoms with van der Waals surface area (Å²) in [5.41, 5.74) is 6.50. The third-order valence-corrected chi connectivity index (χ3v) is 11.3. The molecule has 6 rings (SSSR count). The van der Waals surface area contributed by atoms with Gasteiger partial charge in [0, 0.05) is 30.8 Å². The molecule has 0 saturated carbocycles. The molecule has 8 N–H and O–H groups in total. The summed E-state index contributed by atoms with van der Waals surface area (Å²) < 4.78 is 37.3. The predicted octanol–water partition coefficient (Wildman–Crippen LogP) is 5.48. The van der Waals surface area contributed by atoms with Crippen molar-refractivity contribution < 1.29 is 69.3 Å². The first-order valence-corrected chi connectivity index (χ1v) is 22.5. The monoisotopic (exact) mass is 912 g/mol. The molecule has 0 aromatic heterocycles. The van der Waals surface area contributed by atoms with Crippen LogP contribution in [-0.2, 0) is 53.9 Å². The molecular formula is C52H64O14. The molecule has 0 heterocycles. The summed E-state index contributed by atoms with van der Waals surface area (Å²) >= 11 is 0. The second-order valence-electron chi connectivity index (χ2n) is 16.8. The Kier molecular flexibility index (Phi) is 19.7. The topological polar surface area (TPSA) is 217 Å². The van der Waals surface area contributed by atoms with Crippen LogP contribution in [-0.4, -0.2) is 93.7 Å². The van der Waals surface area contributed by atoms with Crippen molar-refractivity contribution in [2.45, 2.75) is 71.7 Å². The van der Waals surface area contributed by atoms with Gasteiger partial charge in [0.1, 0.15) is 42.0 Å². The van der Waals surface area contributed by atoms with Crippen molar-refractivity contribution in [2.24, 2.45) is 17.8 Å². The zero-order chi connectivity index (χ0) is 46.7. The minimum atomic E-state index is -0.181. The molecule has 14 heteroatoms. The summed E-state index contributed by atoms with van der Waals surface area (Å²) in [7, 11) is 0. The maximum absolute atomic E-state index is 9.79. The smallest absolute Gasteiger partial charge is 0.120 e. The van der Waals surface area contributed by atoms with E-state index in [0.29, 0.717) is 132 Å². The van der Waals surface area contributed by atoms with Gasteiger partial charge in [-0.2, -0.15) is 0 Å². The maximum atomic E-state index is 9.79. The number of hydrogen-bond donors (Lipinski definition) is 8. The minimum absolute atomic E-state index is 0.0406. The Morgan fingerprint density at radius 2 is 0.803 bits per heavy atom. The van der Waals surface area contributed by atoms with Crippen LogP contribution in [0.5, 0.6) is 17.2 Å². The number of allylic oxidation sites excluding steroid dienone is 3. The predicted molar refractivity (Wildman–Crippen MR) is 245 cm³/mol. The average molecular weight is 913 g/mol. The standard InChI is InChI=1S/C52H64O14/c53-23-35-5-36(24-54)12-49(11-35)63-31-43-9-44(32-64-50-13-37(25-55)6-38(14-50)26-56)20-47(19-43)61-3-1-2-4-62-48-21-45(33-65-51-15-39(27-57)7-40(16-51)28-58)10-46(22-48)34-66-52-17-41(29-59)8-42(18-52)30-60/h5-8,11-17,19-22,42-43,46,53-60H,1-4,9-10,18,23-34H2. The number of aliphatic hydroxyl groups excluding tert-OH is 8. The molecule has 0 radical (unpaired) electrons. The molecule has 0 amide bonds. The molecule has 3 unspecified atom stereocenters. The molecule has 3 aliphatic carbocycles. The van der Waals surface area contributed by atoms with Crippen LogP contribution in [0.25, 0.3) is 0 Å². The molecule has 0 bridgehead atoms. The van der Waals surface area contributed by atoms with Crippen LogP contribution in [0.3, 0.4) is 0 Å². The Balaban J connectivity index is 1.07. The molecule has 14 nitrogen and oxygen atoms in total. The lowest BCUT2D eigenvalue weighted by molar-refractivity contribution is 0.147. The Morgan fingerprint density at radius 3 is 1.20 bits per heavy atom. The summed E-state index contributed by atoms with van der Waals surface area (Å²) in [5.74, 6) is 3.44. The van der Waals surface area contributed by atoms with Gasteiger partial charge in [-0.25, -0.2) is 0 Å². The Labute approximate surface area is 386 Å². The van der Waals surface area contributed by atoms with Gasteiger partial charge in [0.15, 0.2) is 0 Å². The van der Waals surface area contributed by atoms with Gasteiger partial charge >= 0.3 is 0 Å². The van der Waals surface area contributed by atoms with E-state index in [9.17, 15) is 40.9 Å². The van der Waals surface area contributed by atoms with Crippen molar-refractivity contribution in [3.05, 3.63) is 158 Å². The zero-order valence-electron chi connectivity index (χ0n) is 37.4. The number of rotatable bonds is 27. The van der Waals surface area contributed by atoms with E-state index >= 15 is 0 Å². The first-order chi connectivity index (χ1) is 32.2. The normalized spacial score (nSPS) is 18.3. The van der Waals surface area contributed by atoms with Crippen LogP contribution in [0.1, 0.15) is 65.5 Å². The summed E-state index contributed by atoms with van der Waals surface area (Å²) in [6.07, 6.45) is 14.9. The molecule has 0 aliphatic heterocycles. The second-order valence-corrected chi connectivity index (χ2v) is 16.8. The zero-order valence-corrected chi connectivity index (χ0v) is 37.4. The van der Waals surface area contributed by atoms with Gasteiger partial charge in [0.2, 0.25) is 0 Å². The number of benzene rings is 3. The van der Waals surface area contributed by atoms with E-state index in [4.69, 9.17) is 28.4 Å². The molecule has 66 heavy (non-hydrogen) atoms. The molecule has 0 spiro atoms. The van der Waals surface area contributed by atoms with Crippen LogP contribution < -0.4 is 14.2 Å². The van der Waals surface area contributed by atoms with Gasteiger partial charge < -0.3 is 69.3 Å². The second kappa shape index (κ2) is 26.1. The highest BCUT2D eigenvalue weighted by atomic mass is 16.5. The number of hydrogen-bond acceptors (Lipinski definition) is 14. The molecular weight excluding hydrogens is 849 g/mol. The van der Waals surface area contributed by atoms with Crippen LogP contribution in [0.2, 0.25) is 0 Å². The van der Waals surface area contributed by atoms with Crippen LogP contribution in [0, 0.1) is 17.8 Å². The molecule has 3 aliphatic rings. The Hall–Kier alpha value is -5.42. The molecule has 3 atom stereocenters. The van der Waals surface area contributed by atoms with Crippen molar-refractivity contribution in [1.82, 2.24) is 0 Å². The van der Waals surface area contributed by atoms with Crippen molar-refractivity contribution in [1.29, 1.82) is 0 Å². The van der Waals surface area contributed by atoms with E-state index in [1.54, 1.807) is 54.6 Å². The van der Waals surface area contributed by atoms with Gasteiger partial charge in [0.05, 0.1) is 78.4 Å². The fourth-order valence-electron chi connectivity index (χ4n) is 8.05. The number of unbranched alkanes of at least 4 members (excludes halogenated alkanes) is 1. The summed E-state index contributed by atoms with van der Waals surface area (Å²) in [6, 6.07) is 15.7. The average Bonchev–Trinajstić information content (AvgIpc) is 3.36. The van der Waals surface area contributed by atoms with E-state index in [2.05, 4.69) is 0 Å². The largest absolute Gasteiger partial charge is 0.497 e. The van der Waals surface area contributed by atoms with Crippen LogP contribution in [0.15, 0.2) is 125 Å². The van der Waals surface area contributed by atoms with Gasteiger partial charge in [-0.1, -0.05) is 24.3 Å². The molecule has 0 fully saturated rings. The van der Waals surface area contributed by atoms with Crippen LogP contribution in [0.4, 0.5) is 0 Å². The number of ether oxygens (including phenoxy) is 6. The lowest BCUT2D eigenvalue weighted by atomic mass is 9.93. The summed E-state index contributed by atoms with van der Waals surface area (Å²) in [6.45, 7) is 0.779. The van der Waals surface area contributed by atoms with Crippen LogP contribution >= 0.6 is 0 Å². The third kappa shape index (κ3) is 15.6. The third-order valence-electron chi connectivity index (χ3n) is 11.3. The minimum Gasteiger partial charge on any atom is -0.497 e. The Morgan fingerprint density at radius 1 is 0.394 bits per heavy atom. The van der Waals surface area contributed by atoms with Crippen molar-refractivity contribution in [3.8, 4) is 17.2 Å². The van der Waals surface area contributed by atoms with E-state index < -0.39 is 0 Å². The fraction of sp³-hybridized carbons (Fsp3) is 0.423. The lowest BCUT2D eigenvalue weighted by Gasteiger charge is -2.25. The molecule has 0 saturated heterocycles. The highest BCUT2D eigenvalue weighted by molar-refractivity contribution is 5.37. The molecule has 3 aromatic rings. The van der Waals surface area contributed by atoms with Gasteiger partial charge in [-0.3, -0.25) is 0 Å². The SMILES string of the molecule is OCC1=CC(CO)CC(OCC2C=C(OCCCCOC3=CC(COc4cc(CO)cc(CO)c4)CC(COc4cc(CO)cc(CO)c4)=C3)C=C(COc3cc(CO)cc(CO)c3)C2)=C1. The van der Waals surface area contributed by atoms with Crippen molar-refractivity contribution >= 4 is 0 Å². The number of aliphatic hydroxyl groups is 8. The van der Waals surface area contributed by atoms with Gasteiger partial charge in [-0.05, 0) is 143 Å². The van der Waals surface area contributed by atoms with Crippen molar-refractivity contribution in [2.75, 3.05) is 52.9 Å². The van der Waals surface area contributed by atoms with Gasteiger partial charge in [0.25, 0.3) is 0 Å². The highest BCUT2D eigenvalue weighted by Crippen LogP contribution is 2.31. The quantitative estimate of drug-likeness (QED) is 0.0445. The first kappa shape index (κ1) is 50.0. The van der Waals surface area contributed by atoms with E-state index in [0.717, 1.165) is 11.1 Å². The summed E-state index contributed by atoms with van der Waals surface area (Å²) in [4.78, 5) is 0. The van der Waals surface area contributed by atoms with E-state index in [1.807, 2.05) is 36.5 Å². The highest BCUT2D eigenvalue weighted by Gasteiger charge is 2.22. The van der Waals surface area contributed by atoms with Crippen molar-refractivity contribution in [3.63, 3.8) is 0 Å². The fourth-order valence-corrected chi connectivity index (χ4v) is 8.05. The maximum Gasteiger partial charge on any atom is 0.120 e. The summed E-state index contributed by atoms with van der Waals surface area (Å²) in [5, 5.41) is 77.9. The first-order valence-electron chi connectivity index (χ1n) is 22.5. The molecule has 356 valence electrons.